The number of hydrogen-bond donors (Lipinski definition) is 1. The van der Waals surface area contributed by atoms with E-state index in [0.717, 1.165) is 18.2 Å². The van der Waals surface area contributed by atoms with Gasteiger partial charge in [0.2, 0.25) is 17.7 Å². The summed E-state index contributed by atoms with van der Waals surface area (Å²) in [6, 6.07) is 13.6. The molecule has 0 aromatic heterocycles. The van der Waals surface area contributed by atoms with E-state index >= 15 is 0 Å². The van der Waals surface area contributed by atoms with Gasteiger partial charge in [0.1, 0.15) is 5.75 Å². The quantitative estimate of drug-likeness (QED) is 0.634. The lowest BCUT2D eigenvalue weighted by atomic mass is 10.3. The first kappa shape index (κ1) is 21.2. The van der Waals surface area contributed by atoms with Crippen LogP contribution in [0.25, 0.3) is 0 Å². The van der Waals surface area contributed by atoms with E-state index in [-0.39, 0.29) is 29.9 Å². The average molecular weight is 433 g/mol. The van der Waals surface area contributed by atoms with Crippen molar-refractivity contribution in [3.05, 3.63) is 53.6 Å². The summed E-state index contributed by atoms with van der Waals surface area (Å²) in [6.07, 6.45) is 0.973. The molecule has 0 aliphatic carbocycles. The number of nitrogens with zero attached hydrogens (tertiary/aromatic N) is 1. The monoisotopic (exact) mass is 432 g/mol. The molecule has 152 valence electrons. The van der Waals surface area contributed by atoms with E-state index in [4.69, 9.17) is 16.3 Å². The van der Waals surface area contributed by atoms with E-state index < -0.39 is 5.25 Å². The van der Waals surface area contributed by atoms with Crippen LogP contribution in [0.5, 0.6) is 5.75 Å². The number of thioether (sulfide) groups is 1. The van der Waals surface area contributed by atoms with Crippen LogP contribution in [0.1, 0.15) is 19.8 Å². The van der Waals surface area contributed by atoms with Crippen LogP contribution in [0.4, 0.5) is 11.4 Å². The topological polar surface area (TPSA) is 75.7 Å². The average Bonchev–Trinajstić information content (AvgIpc) is 3.00. The van der Waals surface area contributed by atoms with Crippen LogP contribution in [0.2, 0.25) is 5.02 Å². The lowest BCUT2D eigenvalue weighted by Crippen LogP contribution is -2.31. The lowest BCUT2D eigenvalue weighted by molar-refractivity contribution is -0.121. The van der Waals surface area contributed by atoms with E-state index in [9.17, 15) is 14.4 Å². The molecule has 1 heterocycles. The smallest absolute Gasteiger partial charge is 0.247 e. The maximum absolute atomic E-state index is 12.7. The zero-order valence-corrected chi connectivity index (χ0v) is 17.5. The first-order chi connectivity index (χ1) is 14.0. The minimum atomic E-state index is -0.575. The molecule has 3 amide bonds. The molecule has 1 aliphatic rings. The third-order valence-electron chi connectivity index (χ3n) is 4.22. The van der Waals surface area contributed by atoms with Gasteiger partial charge in [-0.15, -0.1) is 11.8 Å². The molecule has 6 nitrogen and oxygen atoms in total. The Morgan fingerprint density at radius 3 is 2.52 bits per heavy atom. The summed E-state index contributed by atoms with van der Waals surface area (Å²) in [7, 11) is 0. The van der Waals surface area contributed by atoms with E-state index in [2.05, 4.69) is 5.32 Å². The molecule has 0 spiro atoms. The fourth-order valence-corrected chi connectivity index (χ4v) is 3.88. The van der Waals surface area contributed by atoms with Gasteiger partial charge in [0, 0.05) is 17.1 Å². The minimum Gasteiger partial charge on any atom is -0.494 e. The van der Waals surface area contributed by atoms with Crippen LogP contribution < -0.4 is 15.0 Å². The molecule has 1 atom stereocenters. The highest BCUT2D eigenvalue weighted by molar-refractivity contribution is 8.01. The highest BCUT2D eigenvalue weighted by atomic mass is 35.5. The van der Waals surface area contributed by atoms with Crippen molar-refractivity contribution in [2.75, 3.05) is 22.6 Å². The third kappa shape index (κ3) is 5.52. The Balaban J connectivity index is 1.55. The summed E-state index contributed by atoms with van der Waals surface area (Å²) in [6.45, 7) is 2.63. The molecule has 1 saturated heterocycles. The molecule has 29 heavy (non-hydrogen) atoms. The summed E-state index contributed by atoms with van der Waals surface area (Å²) in [5.74, 6) is -0.0495. The van der Waals surface area contributed by atoms with Gasteiger partial charge in [0.25, 0.3) is 0 Å². The first-order valence-corrected chi connectivity index (χ1v) is 10.7. The van der Waals surface area contributed by atoms with Gasteiger partial charge in [-0.1, -0.05) is 18.5 Å². The molecular weight excluding hydrogens is 412 g/mol. The van der Waals surface area contributed by atoms with Crippen molar-refractivity contribution in [1.29, 1.82) is 0 Å². The van der Waals surface area contributed by atoms with Crippen molar-refractivity contribution in [3.63, 3.8) is 0 Å². The lowest BCUT2D eigenvalue weighted by Gasteiger charge is -2.15. The second kappa shape index (κ2) is 9.80. The Morgan fingerprint density at radius 2 is 1.86 bits per heavy atom. The number of rotatable bonds is 8. The van der Waals surface area contributed by atoms with Crippen molar-refractivity contribution in [2.45, 2.75) is 25.0 Å². The summed E-state index contributed by atoms with van der Waals surface area (Å²) in [5, 5.41) is 2.75. The Morgan fingerprint density at radius 1 is 1.17 bits per heavy atom. The summed E-state index contributed by atoms with van der Waals surface area (Å²) in [4.78, 5) is 38.4. The zero-order chi connectivity index (χ0) is 20.8. The van der Waals surface area contributed by atoms with Gasteiger partial charge in [-0.25, -0.2) is 4.90 Å². The molecule has 2 aromatic rings. The number of benzene rings is 2. The van der Waals surface area contributed by atoms with Crippen LogP contribution in [-0.2, 0) is 14.4 Å². The Labute approximate surface area is 178 Å². The van der Waals surface area contributed by atoms with Crippen LogP contribution in [0.3, 0.4) is 0 Å². The molecule has 0 bridgehead atoms. The number of carbonyl (C=O) groups excluding carboxylic acids is 3. The van der Waals surface area contributed by atoms with Gasteiger partial charge in [0.15, 0.2) is 0 Å². The molecule has 1 fully saturated rings. The van der Waals surface area contributed by atoms with E-state index in [1.807, 2.05) is 6.92 Å². The molecule has 3 rings (SSSR count). The Bertz CT molecular complexity index is 887. The van der Waals surface area contributed by atoms with Gasteiger partial charge < -0.3 is 10.1 Å². The van der Waals surface area contributed by atoms with Crippen molar-refractivity contribution in [2.24, 2.45) is 0 Å². The number of nitrogens with one attached hydrogen (secondary N) is 1. The molecule has 0 saturated carbocycles. The molecule has 0 radical (unpaired) electrons. The fraction of sp³-hybridized carbons (Fsp3) is 0.286. The predicted molar refractivity (Wildman–Crippen MR) is 116 cm³/mol. The van der Waals surface area contributed by atoms with Crippen molar-refractivity contribution < 1.29 is 19.1 Å². The van der Waals surface area contributed by atoms with Gasteiger partial charge in [0.05, 0.1) is 23.3 Å². The maximum atomic E-state index is 12.7. The van der Waals surface area contributed by atoms with Gasteiger partial charge in [-0.3, -0.25) is 14.4 Å². The normalized spacial score (nSPS) is 16.2. The van der Waals surface area contributed by atoms with E-state index in [1.165, 1.54) is 4.90 Å². The number of amides is 3. The first-order valence-electron chi connectivity index (χ1n) is 9.24. The fourth-order valence-electron chi connectivity index (χ4n) is 2.82. The number of anilines is 2. The SMILES string of the molecule is CCCOc1ccc(N2C(=O)C[C@@H](SCC(=O)Nc3ccc(Cl)cc3)C2=O)cc1. The highest BCUT2D eigenvalue weighted by Crippen LogP contribution is 2.30. The molecule has 1 N–H and O–H groups in total. The number of carbonyl (C=O) groups is 3. The van der Waals surface area contributed by atoms with Crippen LogP contribution in [0, 0.1) is 0 Å². The van der Waals surface area contributed by atoms with Crippen molar-refractivity contribution in [3.8, 4) is 5.75 Å². The van der Waals surface area contributed by atoms with Gasteiger partial charge in [-0.2, -0.15) is 0 Å². The largest absolute Gasteiger partial charge is 0.494 e. The maximum Gasteiger partial charge on any atom is 0.247 e. The zero-order valence-electron chi connectivity index (χ0n) is 15.9. The Kier molecular flexibility index (Phi) is 7.17. The molecular formula is C21H21ClN2O4S. The standard InChI is InChI=1S/C21H21ClN2O4S/c1-2-11-28-17-9-7-16(8-10-17)24-20(26)12-18(21(24)27)29-13-19(25)23-15-5-3-14(22)4-6-15/h3-10,18H,2,11-13H2,1H3,(H,23,25)/t18-/m1/s1. The third-order valence-corrected chi connectivity index (χ3v) is 5.67. The van der Waals surface area contributed by atoms with Crippen LogP contribution in [0.15, 0.2) is 48.5 Å². The van der Waals surface area contributed by atoms with E-state index in [1.54, 1.807) is 48.5 Å². The Hall–Kier alpha value is -2.51. The number of halogens is 1. The molecule has 0 unspecified atom stereocenters. The summed E-state index contributed by atoms with van der Waals surface area (Å²) >= 11 is 6.99. The van der Waals surface area contributed by atoms with Crippen molar-refractivity contribution in [1.82, 2.24) is 0 Å². The minimum absolute atomic E-state index is 0.0734. The summed E-state index contributed by atoms with van der Waals surface area (Å²) < 4.78 is 5.52. The highest BCUT2D eigenvalue weighted by Gasteiger charge is 2.40. The van der Waals surface area contributed by atoms with Crippen LogP contribution in [-0.4, -0.2) is 35.3 Å². The predicted octanol–water partition coefficient (Wildman–Crippen LogP) is 4.13. The van der Waals surface area contributed by atoms with Crippen molar-refractivity contribution >= 4 is 52.5 Å². The van der Waals surface area contributed by atoms with E-state index in [0.29, 0.717) is 28.8 Å². The number of imide groups is 1. The summed E-state index contributed by atoms with van der Waals surface area (Å²) in [5.41, 5.74) is 1.14. The number of hydrogen-bond acceptors (Lipinski definition) is 5. The molecule has 2 aromatic carbocycles. The molecule has 8 heteroatoms. The number of ether oxygens (including phenoxy) is 1. The second-order valence-corrected chi connectivity index (χ2v) is 8.10. The van der Waals surface area contributed by atoms with Crippen LogP contribution >= 0.6 is 23.4 Å². The second-order valence-electron chi connectivity index (χ2n) is 6.47. The van der Waals surface area contributed by atoms with Gasteiger partial charge >= 0.3 is 0 Å². The van der Waals surface area contributed by atoms with Gasteiger partial charge in [-0.05, 0) is 55.0 Å². The molecule has 1 aliphatic heterocycles.